The quantitative estimate of drug-likeness (QED) is 0.680. The zero-order valence-electron chi connectivity index (χ0n) is 10.7. The number of aliphatic hydroxyl groups excluding tert-OH is 1. The molecule has 1 atom stereocenters. The van der Waals surface area contributed by atoms with Crippen molar-refractivity contribution in [2.24, 2.45) is 5.92 Å². The van der Waals surface area contributed by atoms with Crippen LogP contribution in [0.3, 0.4) is 0 Å². The van der Waals surface area contributed by atoms with Crippen molar-refractivity contribution in [2.75, 3.05) is 19.7 Å². The molecule has 0 bridgehead atoms. The van der Waals surface area contributed by atoms with E-state index < -0.39 is 0 Å². The van der Waals surface area contributed by atoms with Gasteiger partial charge in [-0.05, 0) is 31.0 Å². The van der Waals surface area contributed by atoms with Gasteiger partial charge in [-0.15, -0.1) is 0 Å². The summed E-state index contributed by atoms with van der Waals surface area (Å²) in [6, 6.07) is 9.81. The van der Waals surface area contributed by atoms with Gasteiger partial charge in [0.1, 0.15) is 5.75 Å². The molecule has 0 aromatic heterocycles. The molecule has 0 saturated heterocycles. The van der Waals surface area contributed by atoms with Crippen LogP contribution in [0.2, 0.25) is 0 Å². The molecule has 3 heteroatoms. The van der Waals surface area contributed by atoms with Crippen molar-refractivity contribution in [1.29, 1.82) is 0 Å². The highest BCUT2D eigenvalue weighted by atomic mass is 16.5. The van der Waals surface area contributed by atoms with Crippen LogP contribution < -0.4 is 10.1 Å². The lowest BCUT2D eigenvalue weighted by Gasteiger charge is -2.15. The first-order chi connectivity index (χ1) is 8.20. The molecule has 3 nitrogen and oxygen atoms in total. The van der Waals surface area contributed by atoms with E-state index in [1.807, 2.05) is 44.2 Å². The van der Waals surface area contributed by atoms with Gasteiger partial charge in [0.2, 0.25) is 0 Å². The van der Waals surface area contributed by atoms with Crippen molar-refractivity contribution in [3.63, 3.8) is 0 Å². The minimum atomic E-state index is -0.259. The Bertz CT molecular complexity index is 288. The van der Waals surface area contributed by atoms with Crippen molar-refractivity contribution in [3.8, 4) is 5.75 Å². The first kappa shape index (κ1) is 14.0. The predicted molar refractivity (Wildman–Crippen MR) is 70.3 cm³/mol. The van der Waals surface area contributed by atoms with Crippen LogP contribution in [-0.2, 0) is 0 Å². The number of ether oxygens (including phenoxy) is 1. The average molecular weight is 237 g/mol. The van der Waals surface area contributed by atoms with Gasteiger partial charge in [0.15, 0.2) is 0 Å². The fraction of sp³-hybridized carbons (Fsp3) is 0.571. The summed E-state index contributed by atoms with van der Waals surface area (Å²) in [5, 5.41) is 12.8. The Morgan fingerprint density at radius 1 is 1.24 bits per heavy atom. The van der Waals surface area contributed by atoms with E-state index in [1.54, 1.807) is 0 Å². The van der Waals surface area contributed by atoms with Crippen LogP contribution in [0.5, 0.6) is 5.75 Å². The fourth-order valence-corrected chi connectivity index (χ4v) is 1.39. The van der Waals surface area contributed by atoms with E-state index in [2.05, 4.69) is 5.32 Å². The maximum Gasteiger partial charge on any atom is 0.119 e. The normalized spacial score (nSPS) is 12.7. The molecule has 1 aromatic rings. The molecule has 0 heterocycles. The third kappa shape index (κ3) is 6.29. The molecule has 1 rings (SSSR count). The second kappa shape index (κ2) is 8.09. The molecule has 0 aliphatic carbocycles. The Balaban J connectivity index is 1.98. The summed E-state index contributed by atoms with van der Waals surface area (Å²) >= 11 is 0. The second-order valence-corrected chi connectivity index (χ2v) is 4.53. The molecule has 96 valence electrons. The lowest BCUT2D eigenvalue weighted by atomic mass is 10.1. The summed E-state index contributed by atoms with van der Waals surface area (Å²) in [7, 11) is 0. The SMILES string of the molecule is CC(C)C(O)CNCCCOc1ccccc1. The first-order valence-electron chi connectivity index (χ1n) is 6.27. The summed E-state index contributed by atoms with van der Waals surface area (Å²) < 4.78 is 5.56. The highest BCUT2D eigenvalue weighted by Crippen LogP contribution is 2.08. The lowest BCUT2D eigenvalue weighted by molar-refractivity contribution is 0.123. The van der Waals surface area contributed by atoms with Gasteiger partial charge in [-0.1, -0.05) is 32.0 Å². The third-order valence-corrected chi connectivity index (χ3v) is 2.63. The van der Waals surface area contributed by atoms with Crippen LogP contribution >= 0.6 is 0 Å². The minimum absolute atomic E-state index is 0.259. The van der Waals surface area contributed by atoms with Crippen LogP contribution in [0.15, 0.2) is 30.3 Å². The smallest absolute Gasteiger partial charge is 0.119 e. The molecular weight excluding hydrogens is 214 g/mol. The van der Waals surface area contributed by atoms with Crippen LogP contribution in [0.4, 0.5) is 0 Å². The Morgan fingerprint density at radius 3 is 2.59 bits per heavy atom. The van der Waals surface area contributed by atoms with Gasteiger partial charge in [0.25, 0.3) is 0 Å². The Labute approximate surface area is 104 Å². The molecule has 0 aliphatic rings. The fourth-order valence-electron chi connectivity index (χ4n) is 1.39. The zero-order valence-corrected chi connectivity index (χ0v) is 10.7. The van der Waals surface area contributed by atoms with E-state index in [0.717, 1.165) is 18.7 Å². The van der Waals surface area contributed by atoms with E-state index in [4.69, 9.17) is 4.74 Å². The first-order valence-corrected chi connectivity index (χ1v) is 6.27. The topological polar surface area (TPSA) is 41.5 Å². The van der Waals surface area contributed by atoms with E-state index in [0.29, 0.717) is 19.1 Å². The van der Waals surface area contributed by atoms with E-state index in [9.17, 15) is 5.11 Å². The van der Waals surface area contributed by atoms with Crippen LogP contribution in [0.1, 0.15) is 20.3 Å². The molecule has 0 spiro atoms. The Morgan fingerprint density at radius 2 is 1.94 bits per heavy atom. The van der Waals surface area contributed by atoms with Gasteiger partial charge < -0.3 is 15.2 Å². The van der Waals surface area contributed by atoms with Crippen molar-refractivity contribution in [3.05, 3.63) is 30.3 Å². The van der Waals surface area contributed by atoms with Crippen molar-refractivity contribution >= 4 is 0 Å². The van der Waals surface area contributed by atoms with E-state index in [-0.39, 0.29) is 6.10 Å². The number of aliphatic hydroxyl groups is 1. The third-order valence-electron chi connectivity index (χ3n) is 2.63. The predicted octanol–water partition coefficient (Wildman–Crippen LogP) is 2.06. The molecule has 0 fully saturated rings. The molecule has 1 aromatic carbocycles. The standard InChI is InChI=1S/C14H23NO2/c1-12(2)14(16)11-15-9-6-10-17-13-7-4-3-5-8-13/h3-5,7-8,12,14-16H,6,9-11H2,1-2H3. The molecule has 0 amide bonds. The summed E-state index contributed by atoms with van der Waals surface area (Å²) in [4.78, 5) is 0. The number of para-hydroxylation sites is 1. The van der Waals surface area contributed by atoms with Gasteiger partial charge in [-0.25, -0.2) is 0 Å². The molecule has 2 N–H and O–H groups in total. The monoisotopic (exact) mass is 237 g/mol. The largest absolute Gasteiger partial charge is 0.494 e. The highest BCUT2D eigenvalue weighted by molar-refractivity contribution is 5.20. The molecule has 17 heavy (non-hydrogen) atoms. The number of hydrogen-bond donors (Lipinski definition) is 2. The summed E-state index contributed by atoms with van der Waals surface area (Å²) in [6.07, 6.45) is 0.685. The number of rotatable bonds is 8. The maximum absolute atomic E-state index is 9.57. The molecule has 0 saturated carbocycles. The van der Waals surface area contributed by atoms with Crippen LogP contribution in [0, 0.1) is 5.92 Å². The zero-order chi connectivity index (χ0) is 12.5. The summed E-state index contributed by atoms with van der Waals surface area (Å²) in [6.45, 7) is 6.27. The van der Waals surface area contributed by atoms with Crippen LogP contribution in [-0.4, -0.2) is 30.9 Å². The second-order valence-electron chi connectivity index (χ2n) is 4.53. The maximum atomic E-state index is 9.57. The number of nitrogens with one attached hydrogen (secondary N) is 1. The van der Waals surface area contributed by atoms with Crippen molar-refractivity contribution in [2.45, 2.75) is 26.4 Å². The van der Waals surface area contributed by atoms with E-state index >= 15 is 0 Å². The number of hydrogen-bond acceptors (Lipinski definition) is 3. The minimum Gasteiger partial charge on any atom is -0.494 e. The van der Waals surface area contributed by atoms with Gasteiger partial charge in [-0.2, -0.15) is 0 Å². The van der Waals surface area contributed by atoms with Gasteiger partial charge in [0.05, 0.1) is 12.7 Å². The van der Waals surface area contributed by atoms with Crippen molar-refractivity contribution < 1.29 is 9.84 Å². The molecule has 0 aliphatic heterocycles. The van der Waals surface area contributed by atoms with Crippen molar-refractivity contribution in [1.82, 2.24) is 5.32 Å². The summed E-state index contributed by atoms with van der Waals surface area (Å²) in [5.74, 6) is 1.22. The Hall–Kier alpha value is -1.06. The highest BCUT2D eigenvalue weighted by Gasteiger charge is 2.07. The lowest BCUT2D eigenvalue weighted by Crippen LogP contribution is -2.31. The molecule has 0 radical (unpaired) electrons. The molecular formula is C14H23NO2. The van der Waals surface area contributed by atoms with E-state index in [1.165, 1.54) is 0 Å². The van der Waals surface area contributed by atoms with Gasteiger partial charge >= 0.3 is 0 Å². The van der Waals surface area contributed by atoms with Gasteiger partial charge in [-0.3, -0.25) is 0 Å². The average Bonchev–Trinajstić information content (AvgIpc) is 2.34. The molecule has 1 unspecified atom stereocenters. The van der Waals surface area contributed by atoms with Gasteiger partial charge in [0, 0.05) is 6.54 Å². The van der Waals surface area contributed by atoms with Crippen LogP contribution in [0.25, 0.3) is 0 Å². The summed E-state index contributed by atoms with van der Waals surface area (Å²) in [5.41, 5.74) is 0. The number of benzene rings is 1. The Kier molecular flexibility index (Phi) is 6.67.